The Morgan fingerprint density at radius 3 is 2.39 bits per heavy atom. The molecule has 0 bridgehead atoms. The highest BCUT2D eigenvalue weighted by atomic mass is 32.1. The van der Waals surface area contributed by atoms with Crippen molar-refractivity contribution in [2.45, 2.75) is 45.2 Å². The van der Waals surface area contributed by atoms with Gasteiger partial charge in [-0.25, -0.2) is 4.98 Å². The molecule has 2 atom stereocenters. The molecule has 2 amide bonds. The molecule has 1 heterocycles. The largest absolute Gasteiger partial charge is 0.508 e. The Morgan fingerprint density at radius 1 is 1.18 bits per heavy atom. The molecule has 1 aromatic heterocycles. The van der Waals surface area contributed by atoms with Crippen LogP contribution in [0.5, 0.6) is 5.75 Å². The Bertz CT molecular complexity index is 834. The first-order chi connectivity index (χ1) is 13.2. The predicted octanol–water partition coefficient (Wildman–Crippen LogP) is 1.93. The fourth-order valence-electron chi connectivity index (χ4n) is 2.65. The first-order valence-corrected chi connectivity index (χ1v) is 9.55. The summed E-state index contributed by atoms with van der Waals surface area (Å²) in [6.07, 6.45) is 1.97. The smallest absolute Gasteiger partial charge is 0.303 e. The lowest BCUT2D eigenvalue weighted by atomic mass is 10.0. The molecular weight excluding hydrogens is 382 g/mol. The van der Waals surface area contributed by atoms with Crippen LogP contribution in [0.1, 0.15) is 41.3 Å². The second-order valence-corrected chi connectivity index (χ2v) is 7.69. The third-order valence-electron chi connectivity index (χ3n) is 3.97. The third-order valence-corrected chi connectivity index (χ3v) is 5.00. The van der Waals surface area contributed by atoms with Gasteiger partial charge in [0.2, 0.25) is 11.8 Å². The van der Waals surface area contributed by atoms with E-state index in [0.717, 1.165) is 10.4 Å². The number of aliphatic carboxylic acids is 1. The zero-order valence-electron chi connectivity index (χ0n) is 15.6. The van der Waals surface area contributed by atoms with Crippen LogP contribution in [0.2, 0.25) is 0 Å². The Morgan fingerprint density at radius 2 is 1.86 bits per heavy atom. The summed E-state index contributed by atoms with van der Waals surface area (Å²) in [7, 11) is 0. The number of aryl methyl sites for hydroxylation is 1. The number of aromatic nitrogens is 1. The van der Waals surface area contributed by atoms with Crippen LogP contribution < -0.4 is 10.6 Å². The van der Waals surface area contributed by atoms with E-state index in [2.05, 4.69) is 15.6 Å². The van der Waals surface area contributed by atoms with Gasteiger partial charge >= 0.3 is 5.97 Å². The SMILES string of the molecule is CC(=O)NC(Cc1ccc(O)cc1)C(=O)NC(CCC(=O)O)c1ncc(C)s1. The van der Waals surface area contributed by atoms with Gasteiger partial charge in [0.1, 0.15) is 16.8 Å². The highest BCUT2D eigenvalue weighted by Gasteiger charge is 2.25. The topological polar surface area (TPSA) is 129 Å². The number of thiazole rings is 1. The number of benzene rings is 1. The molecule has 0 saturated heterocycles. The molecule has 2 rings (SSSR count). The van der Waals surface area contributed by atoms with Gasteiger partial charge in [0.15, 0.2) is 0 Å². The molecule has 0 aliphatic rings. The van der Waals surface area contributed by atoms with E-state index >= 15 is 0 Å². The number of phenolic OH excluding ortho intramolecular Hbond substituents is 1. The number of carbonyl (C=O) groups is 3. The summed E-state index contributed by atoms with van der Waals surface area (Å²) in [4.78, 5) is 40.6. The minimum Gasteiger partial charge on any atom is -0.508 e. The van der Waals surface area contributed by atoms with E-state index in [1.165, 1.54) is 30.4 Å². The second kappa shape index (κ2) is 9.84. The maximum atomic E-state index is 12.8. The van der Waals surface area contributed by atoms with Gasteiger partial charge in [-0.05, 0) is 31.0 Å². The van der Waals surface area contributed by atoms with Gasteiger partial charge in [-0.15, -0.1) is 11.3 Å². The van der Waals surface area contributed by atoms with Crippen LogP contribution >= 0.6 is 11.3 Å². The summed E-state index contributed by atoms with van der Waals surface area (Å²) in [5, 5.41) is 24.4. The van der Waals surface area contributed by atoms with Gasteiger partial charge in [0, 0.05) is 30.8 Å². The molecule has 0 spiro atoms. The van der Waals surface area contributed by atoms with Crippen molar-refractivity contribution in [3.8, 4) is 5.75 Å². The molecule has 0 radical (unpaired) electrons. The van der Waals surface area contributed by atoms with Crippen molar-refractivity contribution in [1.82, 2.24) is 15.6 Å². The van der Waals surface area contributed by atoms with E-state index in [9.17, 15) is 19.5 Å². The predicted molar refractivity (Wildman–Crippen MR) is 104 cm³/mol. The molecule has 0 saturated carbocycles. The second-order valence-electron chi connectivity index (χ2n) is 6.43. The normalized spacial score (nSPS) is 12.8. The molecule has 8 nitrogen and oxygen atoms in total. The monoisotopic (exact) mass is 405 g/mol. The van der Waals surface area contributed by atoms with Crippen molar-refractivity contribution in [2.75, 3.05) is 0 Å². The molecule has 2 unspecified atom stereocenters. The Balaban J connectivity index is 2.15. The number of hydrogen-bond acceptors (Lipinski definition) is 6. The first kappa shape index (κ1) is 21.4. The molecule has 150 valence electrons. The Labute approximate surface area is 166 Å². The molecule has 28 heavy (non-hydrogen) atoms. The lowest BCUT2D eigenvalue weighted by Gasteiger charge is -2.22. The highest BCUT2D eigenvalue weighted by Crippen LogP contribution is 2.24. The number of phenols is 1. The summed E-state index contributed by atoms with van der Waals surface area (Å²) in [6, 6.07) is 4.96. The zero-order chi connectivity index (χ0) is 20.7. The number of carbonyl (C=O) groups excluding carboxylic acids is 2. The quantitative estimate of drug-likeness (QED) is 0.505. The van der Waals surface area contributed by atoms with Crippen molar-refractivity contribution in [1.29, 1.82) is 0 Å². The molecule has 2 aromatic rings. The van der Waals surface area contributed by atoms with Crippen LogP contribution in [0.15, 0.2) is 30.5 Å². The first-order valence-electron chi connectivity index (χ1n) is 8.74. The van der Waals surface area contributed by atoms with Gasteiger partial charge < -0.3 is 20.8 Å². The van der Waals surface area contributed by atoms with Crippen molar-refractivity contribution < 1.29 is 24.6 Å². The maximum Gasteiger partial charge on any atom is 0.303 e. The van der Waals surface area contributed by atoms with Gasteiger partial charge in [-0.2, -0.15) is 0 Å². The number of nitrogens with one attached hydrogen (secondary N) is 2. The fourth-order valence-corrected chi connectivity index (χ4v) is 3.51. The minimum atomic E-state index is -0.963. The molecule has 1 aromatic carbocycles. The van der Waals surface area contributed by atoms with Crippen molar-refractivity contribution in [3.63, 3.8) is 0 Å². The van der Waals surface area contributed by atoms with Crippen LogP contribution in [0, 0.1) is 6.92 Å². The van der Waals surface area contributed by atoms with Crippen LogP contribution in [0.25, 0.3) is 0 Å². The summed E-state index contributed by atoms with van der Waals surface area (Å²) in [5.41, 5.74) is 0.763. The average Bonchev–Trinajstić information content (AvgIpc) is 3.05. The van der Waals surface area contributed by atoms with Gasteiger partial charge in [0.25, 0.3) is 0 Å². The van der Waals surface area contributed by atoms with Crippen LogP contribution in [0.4, 0.5) is 0 Å². The van der Waals surface area contributed by atoms with E-state index in [1.54, 1.807) is 18.3 Å². The molecule has 0 aliphatic heterocycles. The van der Waals surface area contributed by atoms with Gasteiger partial charge in [-0.3, -0.25) is 14.4 Å². The highest BCUT2D eigenvalue weighted by molar-refractivity contribution is 7.11. The Hall–Kier alpha value is -2.94. The number of carboxylic acids is 1. The zero-order valence-corrected chi connectivity index (χ0v) is 16.5. The van der Waals surface area contributed by atoms with E-state index in [-0.39, 0.29) is 30.9 Å². The molecule has 4 N–H and O–H groups in total. The number of aromatic hydroxyl groups is 1. The summed E-state index contributed by atoms with van der Waals surface area (Å²) in [5.74, 6) is -1.63. The van der Waals surface area contributed by atoms with Crippen molar-refractivity contribution >= 4 is 29.1 Å². The van der Waals surface area contributed by atoms with E-state index < -0.39 is 24.0 Å². The minimum absolute atomic E-state index is 0.108. The van der Waals surface area contributed by atoms with E-state index in [4.69, 9.17) is 5.11 Å². The number of nitrogens with zero attached hydrogens (tertiary/aromatic N) is 1. The van der Waals surface area contributed by atoms with Crippen molar-refractivity contribution in [2.24, 2.45) is 0 Å². The number of rotatable bonds is 9. The molecule has 9 heteroatoms. The average molecular weight is 405 g/mol. The van der Waals surface area contributed by atoms with Crippen molar-refractivity contribution in [3.05, 3.63) is 45.9 Å². The van der Waals surface area contributed by atoms with Crippen LogP contribution in [-0.2, 0) is 20.8 Å². The fraction of sp³-hybridized carbons (Fsp3) is 0.368. The summed E-state index contributed by atoms with van der Waals surface area (Å²) in [6.45, 7) is 3.20. The van der Waals surface area contributed by atoms with E-state index in [1.807, 2.05) is 6.92 Å². The Kier molecular flexibility index (Phi) is 7.51. The molecule has 0 fully saturated rings. The lowest BCUT2D eigenvalue weighted by Crippen LogP contribution is -2.48. The summed E-state index contributed by atoms with van der Waals surface area (Å²) >= 11 is 1.39. The number of carboxylic acid groups (broad SMARTS) is 1. The molecule has 0 aliphatic carbocycles. The van der Waals surface area contributed by atoms with Gasteiger partial charge in [-0.1, -0.05) is 12.1 Å². The van der Waals surface area contributed by atoms with Gasteiger partial charge in [0.05, 0.1) is 6.04 Å². The van der Waals surface area contributed by atoms with E-state index in [0.29, 0.717) is 5.01 Å². The number of hydrogen-bond donors (Lipinski definition) is 4. The standard InChI is InChI=1S/C19H23N3O5S/c1-11-10-20-19(28-11)15(7-8-17(25)26)22-18(27)16(21-12(2)23)9-13-3-5-14(24)6-4-13/h3-6,10,15-16,24H,7-9H2,1-2H3,(H,21,23)(H,22,27)(H,25,26). The maximum absolute atomic E-state index is 12.8. The van der Waals surface area contributed by atoms with Crippen LogP contribution in [0.3, 0.4) is 0 Å². The third kappa shape index (κ3) is 6.66. The number of amides is 2. The van der Waals surface area contributed by atoms with Crippen LogP contribution in [-0.4, -0.2) is 39.0 Å². The summed E-state index contributed by atoms with van der Waals surface area (Å²) < 4.78 is 0. The lowest BCUT2D eigenvalue weighted by molar-refractivity contribution is -0.137. The molecular formula is C19H23N3O5S.